The van der Waals surface area contributed by atoms with Gasteiger partial charge in [0.2, 0.25) is 0 Å². The Morgan fingerprint density at radius 3 is 2.54 bits per heavy atom. The highest BCUT2D eigenvalue weighted by Crippen LogP contribution is 1.98. The fourth-order valence-electron chi connectivity index (χ4n) is 1.08. The van der Waals surface area contributed by atoms with E-state index in [-0.39, 0.29) is 6.03 Å². The van der Waals surface area contributed by atoms with Crippen molar-refractivity contribution in [2.75, 3.05) is 33.9 Å². The first-order valence-corrected chi connectivity index (χ1v) is 4.57. The SMILES string of the molecule is CNC(=O)N(CCOC)CC(C)C. The molecule has 0 aromatic carbocycles. The van der Waals surface area contributed by atoms with Crippen molar-refractivity contribution in [3.05, 3.63) is 0 Å². The monoisotopic (exact) mass is 188 g/mol. The van der Waals surface area contributed by atoms with Crippen LogP contribution in [0.3, 0.4) is 0 Å². The zero-order valence-electron chi connectivity index (χ0n) is 8.96. The van der Waals surface area contributed by atoms with Gasteiger partial charge in [-0.05, 0) is 5.92 Å². The molecule has 2 amide bonds. The minimum Gasteiger partial charge on any atom is -0.383 e. The van der Waals surface area contributed by atoms with Crippen LogP contribution in [0.2, 0.25) is 0 Å². The predicted molar refractivity (Wildman–Crippen MR) is 52.7 cm³/mol. The van der Waals surface area contributed by atoms with Crippen LogP contribution in [-0.2, 0) is 4.74 Å². The second kappa shape index (κ2) is 6.71. The van der Waals surface area contributed by atoms with Crippen LogP contribution in [0.15, 0.2) is 0 Å². The number of urea groups is 1. The van der Waals surface area contributed by atoms with Crippen LogP contribution in [0.25, 0.3) is 0 Å². The van der Waals surface area contributed by atoms with Crippen LogP contribution < -0.4 is 5.32 Å². The van der Waals surface area contributed by atoms with Crippen LogP contribution in [0.5, 0.6) is 0 Å². The van der Waals surface area contributed by atoms with Gasteiger partial charge in [0.05, 0.1) is 6.61 Å². The maximum atomic E-state index is 11.3. The van der Waals surface area contributed by atoms with Gasteiger partial charge in [-0.3, -0.25) is 0 Å². The molecular weight excluding hydrogens is 168 g/mol. The molecule has 0 heterocycles. The summed E-state index contributed by atoms with van der Waals surface area (Å²) < 4.78 is 4.93. The number of hydrogen-bond acceptors (Lipinski definition) is 2. The van der Waals surface area contributed by atoms with Gasteiger partial charge in [-0.2, -0.15) is 0 Å². The first-order valence-electron chi connectivity index (χ1n) is 4.57. The minimum atomic E-state index is -0.0363. The standard InChI is InChI=1S/C9H20N2O2/c1-8(2)7-11(5-6-13-4)9(12)10-3/h8H,5-7H2,1-4H3,(H,10,12). The molecule has 0 unspecified atom stereocenters. The molecule has 0 aliphatic carbocycles. The molecule has 0 aromatic heterocycles. The number of methoxy groups -OCH3 is 1. The molecule has 4 nitrogen and oxygen atoms in total. The second-order valence-corrected chi connectivity index (χ2v) is 3.39. The van der Waals surface area contributed by atoms with E-state index in [4.69, 9.17) is 4.74 Å². The van der Waals surface area contributed by atoms with E-state index in [1.165, 1.54) is 0 Å². The van der Waals surface area contributed by atoms with E-state index in [9.17, 15) is 4.79 Å². The van der Waals surface area contributed by atoms with Crippen molar-refractivity contribution in [3.8, 4) is 0 Å². The van der Waals surface area contributed by atoms with Crippen LogP contribution in [0, 0.1) is 5.92 Å². The molecule has 0 bridgehead atoms. The number of hydrogen-bond donors (Lipinski definition) is 1. The third-order valence-electron chi connectivity index (χ3n) is 1.65. The number of nitrogens with zero attached hydrogens (tertiary/aromatic N) is 1. The van der Waals surface area contributed by atoms with Crippen molar-refractivity contribution in [2.45, 2.75) is 13.8 Å². The van der Waals surface area contributed by atoms with Gasteiger partial charge in [0.25, 0.3) is 0 Å². The van der Waals surface area contributed by atoms with Gasteiger partial charge < -0.3 is 15.0 Å². The lowest BCUT2D eigenvalue weighted by Gasteiger charge is -2.23. The topological polar surface area (TPSA) is 41.6 Å². The zero-order chi connectivity index (χ0) is 10.3. The van der Waals surface area contributed by atoms with Gasteiger partial charge in [0.15, 0.2) is 0 Å². The lowest BCUT2D eigenvalue weighted by atomic mass is 10.2. The average Bonchev–Trinajstić information content (AvgIpc) is 2.10. The quantitative estimate of drug-likeness (QED) is 0.697. The Balaban J connectivity index is 3.94. The molecule has 0 atom stereocenters. The molecule has 4 heteroatoms. The first kappa shape index (κ1) is 12.2. The van der Waals surface area contributed by atoms with E-state index >= 15 is 0 Å². The summed E-state index contributed by atoms with van der Waals surface area (Å²) >= 11 is 0. The van der Waals surface area contributed by atoms with Gasteiger partial charge in [-0.25, -0.2) is 4.79 Å². The van der Waals surface area contributed by atoms with Crippen molar-refractivity contribution in [1.82, 2.24) is 10.2 Å². The average molecular weight is 188 g/mol. The molecule has 0 spiro atoms. The third kappa shape index (κ3) is 5.47. The Morgan fingerprint density at radius 2 is 2.15 bits per heavy atom. The van der Waals surface area contributed by atoms with E-state index in [2.05, 4.69) is 19.2 Å². The highest BCUT2D eigenvalue weighted by molar-refractivity contribution is 5.73. The molecule has 0 rings (SSSR count). The number of carbonyl (C=O) groups excluding carboxylic acids is 1. The molecule has 0 aliphatic rings. The summed E-state index contributed by atoms with van der Waals surface area (Å²) in [6.45, 7) is 6.17. The van der Waals surface area contributed by atoms with Crippen molar-refractivity contribution >= 4 is 6.03 Å². The van der Waals surface area contributed by atoms with E-state index in [1.807, 2.05) is 0 Å². The van der Waals surface area contributed by atoms with Gasteiger partial charge in [-0.15, -0.1) is 0 Å². The summed E-state index contributed by atoms with van der Waals surface area (Å²) in [5, 5.41) is 2.61. The number of amides is 2. The molecule has 0 aromatic rings. The molecule has 0 saturated heterocycles. The number of rotatable bonds is 5. The fraction of sp³-hybridized carbons (Fsp3) is 0.889. The van der Waals surface area contributed by atoms with Crippen molar-refractivity contribution in [2.24, 2.45) is 5.92 Å². The van der Waals surface area contributed by atoms with E-state index in [0.717, 1.165) is 6.54 Å². The molecule has 0 aliphatic heterocycles. The van der Waals surface area contributed by atoms with Crippen molar-refractivity contribution in [1.29, 1.82) is 0 Å². The Morgan fingerprint density at radius 1 is 1.54 bits per heavy atom. The predicted octanol–water partition coefficient (Wildman–Crippen LogP) is 0.930. The number of carbonyl (C=O) groups is 1. The summed E-state index contributed by atoms with van der Waals surface area (Å²) in [6.07, 6.45) is 0. The Labute approximate surface area is 80.2 Å². The van der Waals surface area contributed by atoms with Crippen LogP contribution in [0.4, 0.5) is 4.79 Å². The number of nitrogens with one attached hydrogen (secondary N) is 1. The number of ether oxygens (including phenoxy) is 1. The van der Waals surface area contributed by atoms with Gasteiger partial charge in [-0.1, -0.05) is 13.8 Å². The molecular formula is C9H20N2O2. The Kier molecular flexibility index (Phi) is 6.32. The fourth-order valence-corrected chi connectivity index (χ4v) is 1.08. The van der Waals surface area contributed by atoms with Gasteiger partial charge in [0, 0.05) is 27.2 Å². The lowest BCUT2D eigenvalue weighted by Crippen LogP contribution is -2.42. The van der Waals surface area contributed by atoms with E-state index in [0.29, 0.717) is 19.1 Å². The summed E-state index contributed by atoms with van der Waals surface area (Å²) in [5.41, 5.74) is 0. The van der Waals surface area contributed by atoms with Gasteiger partial charge >= 0.3 is 6.03 Å². The van der Waals surface area contributed by atoms with Crippen LogP contribution in [-0.4, -0.2) is 44.8 Å². The lowest BCUT2D eigenvalue weighted by molar-refractivity contribution is 0.144. The molecule has 13 heavy (non-hydrogen) atoms. The largest absolute Gasteiger partial charge is 0.383 e. The molecule has 1 N–H and O–H groups in total. The summed E-state index contributed by atoms with van der Waals surface area (Å²) in [6, 6.07) is -0.0363. The van der Waals surface area contributed by atoms with E-state index < -0.39 is 0 Å². The summed E-state index contributed by atoms with van der Waals surface area (Å²) in [4.78, 5) is 13.1. The third-order valence-corrected chi connectivity index (χ3v) is 1.65. The maximum Gasteiger partial charge on any atom is 0.317 e. The Bertz CT molecular complexity index is 149. The van der Waals surface area contributed by atoms with Crippen molar-refractivity contribution < 1.29 is 9.53 Å². The van der Waals surface area contributed by atoms with Crippen LogP contribution in [0.1, 0.15) is 13.8 Å². The smallest absolute Gasteiger partial charge is 0.317 e. The van der Waals surface area contributed by atoms with Gasteiger partial charge in [0.1, 0.15) is 0 Å². The molecule has 78 valence electrons. The molecule has 0 radical (unpaired) electrons. The van der Waals surface area contributed by atoms with Crippen LogP contribution >= 0.6 is 0 Å². The maximum absolute atomic E-state index is 11.3. The normalized spacial score (nSPS) is 10.2. The summed E-state index contributed by atoms with van der Waals surface area (Å²) in [5.74, 6) is 0.481. The molecule has 0 saturated carbocycles. The molecule has 0 fully saturated rings. The minimum absolute atomic E-state index is 0.0363. The summed E-state index contributed by atoms with van der Waals surface area (Å²) in [7, 11) is 3.28. The first-order chi connectivity index (χ1) is 6.11. The van der Waals surface area contributed by atoms with Crippen molar-refractivity contribution in [3.63, 3.8) is 0 Å². The second-order valence-electron chi connectivity index (χ2n) is 3.39. The highest BCUT2D eigenvalue weighted by atomic mass is 16.5. The zero-order valence-corrected chi connectivity index (χ0v) is 8.96. The Hall–Kier alpha value is -0.770. The highest BCUT2D eigenvalue weighted by Gasteiger charge is 2.12. The van der Waals surface area contributed by atoms with E-state index in [1.54, 1.807) is 19.1 Å².